The highest BCUT2D eigenvalue weighted by molar-refractivity contribution is 5.74. The van der Waals surface area contributed by atoms with E-state index in [9.17, 15) is 9.59 Å². The third kappa shape index (κ3) is 11.0. The topological polar surface area (TPSA) is 96.9 Å². The summed E-state index contributed by atoms with van der Waals surface area (Å²) in [7, 11) is 3.11. The zero-order valence-corrected chi connectivity index (χ0v) is 13.3. The molecule has 0 saturated heterocycles. The number of hydrogen-bond acceptors (Lipinski definition) is 4. The monoisotopic (exact) mass is 304 g/mol. The molecule has 0 saturated carbocycles. The van der Waals surface area contributed by atoms with Gasteiger partial charge in [0.1, 0.15) is 0 Å². The summed E-state index contributed by atoms with van der Waals surface area (Å²) in [6.07, 6.45) is 0.617. The Kier molecular flexibility index (Phi) is 10.6. The Bertz CT molecular complexity index is 310. The number of urea groups is 1. The van der Waals surface area contributed by atoms with Crippen LogP contribution in [0.15, 0.2) is 0 Å². The molecule has 0 aromatic rings. The number of carbonyl (C=O) groups is 2. The van der Waals surface area contributed by atoms with Crippen LogP contribution in [-0.4, -0.2) is 57.1 Å². The van der Waals surface area contributed by atoms with Crippen molar-refractivity contribution >= 4 is 12.0 Å². The van der Waals surface area contributed by atoms with Gasteiger partial charge in [-0.2, -0.15) is 0 Å². The van der Waals surface area contributed by atoms with Crippen LogP contribution >= 0.6 is 0 Å². The average molecular weight is 304 g/mol. The van der Waals surface area contributed by atoms with Gasteiger partial charge in [-0.05, 0) is 18.3 Å². The van der Waals surface area contributed by atoms with Crippen molar-refractivity contribution in [3.05, 3.63) is 0 Å². The fourth-order valence-corrected chi connectivity index (χ4v) is 2.05. The Morgan fingerprint density at radius 3 is 2.24 bits per heavy atom. The van der Waals surface area contributed by atoms with Crippen molar-refractivity contribution in [2.45, 2.75) is 32.8 Å². The minimum absolute atomic E-state index is 0.0584. The molecule has 3 N–H and O–H groups in total. The van der Waals surface area contributed by atoms with Gasteiger partial charge in [0.25, 0.3) is 0 Å². The number of hydrogen-bond donors (Lipinski definition) is 3. The van der Waals surface area contributed by atoms with Crippen molar-refractivity contribution in [3.63, 3.8) is 0 Å². The highest BCUT2D eigenvalue weighted by Gasteiger charge is 2.16. The molecule has 2 amide bonds. The Morgan fingerprint density at radius 2 is 1.76 bits per heavy atom. The van der Waals surface area contributed by atoms with Crippen LogP contribution in [0.5, 0.6) is 0 Å². The number of carbonyl (C=O) groups excluding carboxylic acids is 1. The van der Waals surface area contributed by atoms with Crippen LogP contribution in [-0.2, 0) is 14.3 Å². The summed E-state index contributed by atoms with van der Waals surface area (Å²) in [5.74, 6) is -0.522. The molecule has 2 atom stereocenters. The van der Waals surface area contributed by atoms with E-state index < -0.39 is 5.97 Å². The maximum atomic E-state index is 11.7. The summed E-state index contributed by atoms with van der Waals surface area (Å²) in [4.78, 5) is 22.5. The van der Waals surface area contributed by atoms with Crippen molar-refractivity contribution in [2.75, 3.05) is 33.9 Å². The van der Waals surface area contributed by atoms with Crippen LogP contribution in [0, 0.1) is 11.8 Å². The Balaban J connectivity index is 4.08. The van der Waals surface area contributed by atoms with Gasteiger partial charge in [0.05, 0.1) is 12.7 Å². The summed E-state index contributed by atoms with van der Waals surface area (Å²) in [6.45, 7) is 5.14. The van der Waals surface area contributed by atoms with Crippen molar-refractivity contribution in [1.82, 2.24) is 10.6 Å². The molecule has 0 radical (unpaired) electrons. The largest absolute Gasteiger partial charge is 0.481 e. The van der Waals surface area contributed by atoms with E-state index in [0.717, 1.165) is 6.42 Å². The standard InChI is InChI=1S/C14H28N2O5/c1-10(2)5-11(6-13(17)18)7-15-14(19)16-8-12(21-4)9-20-3/h10-12H,5-9H2,1-4H3,(H,17,18)(H2,15,16,19)/t11-,12?/m0/s1. The van der Waals surface area contributed by atoms with E-state index in [4.69, 9.17) is 14.6 Å². The summed E-state index contributed by atoms with van der Waals surface area (Å²) < 4.78 is 10.1. The SMILES string of the molecule is COCC(CNC(=O)NC[C@H](CC(=O)O)CC(C)C)OC. The first-order chi connectivity index (χ1) is 9.88. The molecule has 1 unspecified atom stereocenters. The van der Waals surface area contributed by atoms with E-state index in [1.807, 2.05) is 13.8 Å². The summed E-state index contributed by atoms with van der Waals surface area (Å²) >= 11 is 0. The van der Waals surface area contributed by atoms with E-state index in [1.165, 1.54) is 0 Å². The third-order valence-corrected chi connectivity index (χ3v) is 3.00. The quantitative estimate of drug-likeness (QED) is 0.531. The molecule has 0 aliphatic rings. The van der Waals surface area contributed by atoms with Crippen molar-refractivity contribution in [1.29, 1.82) is 0 Å². The minimum Gasteiger partial charge on any atom is -0.481 e. The van der Waals surface area contributed by atoms with E-state index in [0.29, 0.717) is 25.6 Å². The van der Waals surface area contributed by atoms with E-state index in [-0.39, 0.29) is 24.5 Å². The van der Waals surface area contributed by atoms with Gasteiger partial charge in [-0.15, -0.1) is 0 Å². The zero-order valence-electron chi connectivity index (χ0n) is 13.3. The van der Waals surface area contributed by atoms with E-state index in [2.05, 4.69) is 10.6 Å². The lowest BCUT2D eigenvalue weighted by Gasteiger charge is -2.19. The van der Waals surface area contributed by atoms with Gasteiger partial charge in [0.15, 0.2) is 0 Å². The van der Waals surface area contributed by atoms with Gasteiger partial charge in [0.2, 0.25) is 0 Å². The normalized spacial score (nSPS) is 13.8. The van der Waals surface area contributed by atoms with Crippen LogP contribution in [0.25, 0.3) is 0 Å². The molecule has 0 aliphatic carbocycles. The molecule has 0 aliphatic heterocycles. The lowest BCUT2D eigenvalue weighted by molar-refractivity contribution is -0.138. The predicted molar refractivity (Wildman–Crippen MR) is 79.3 cm³/mol. The maximum Gasteiger partial charge on any atom is 0.314 e. The minimum atomic E-state index is -0.845. The molecular weight excluding hydrogens is 276 g/mol. The average Bonchev–Trinajstić information content (AvgIpc) is 2.39. The molecule has 0 heterocycles. The van der Waals surface area contributed by atoms with Crippen molar-refractivity contribution < 1.29 is 24.2 Å². The molecule has 0 spiro atoms. The number of amides is 2. The third-order valence-electron chi connectivity index (χ3n) is 3.00. The molecule has 0 fully saturated rings. The van der Waals surface area contributed by atoms with Crippen molar-refractivity contribution in [2.24, 2.45) is 11.8 Å². The van der Waals surface area contributed by atoms with E-state index in [1.54, 1.807) is 14.2 Å². The number of methoxy groups -OCH3 is 2. The number of carboxylic acid groups (broad SMARTS) is 1. The van der Waals surface area contributed by atoms with Crippen LogP contribution in [0.1, 0.15) is 26.7 Å². The van der Waals surface area contributed by atoms with Crippen molar-refractivity contribution in [3.8, 4) is 0 Å². The fourth-order valence-electron chi connectivity index (χ4n) is 2.05. The molecule has 0 rings (SSSR count). The maximum absolute atomic E-state index is 11.7. The molecule has 7 nitrogen and oxygen atoms in total. The van der Waals surface area contributed by atoms with Crippen LogP contribution in [0.2, 0.25) is 0 Å². The highest BCUT2D eigenvalue weighted by atomic mass is 16.5. The van der Waals surface area contributed by atoms with Gasteiger partial charge >= 0.3 is 12.0 Å². The number of ether oxygens (including phenoxy) is 2. The molecule has 0 aromatic heterocycles. The van der Waals surface area contributed by atoms with E-state index >= 15 is 0 Å². The lowest BCUT2D eigenvalue weighted by Crippen LogP contribution is -2.43. The molecule has 0 aromatic carbocycles. The first-order valence-electron chi connectivity index (χ1n) is 7.14. The summed E-state index contributed by atoms with van der Waals surface area (Å²) in [5, 5.41) is 14.3. The summed E-state index contributed by atoms with van der Waals surface area (Å²) in [6, 6.07) is -0.327. The number of rotatable bonds is 11. The number of carboxylic acids is 1. The lowest BCUT2D eigenvalue weighted by atomic mass is 9.94. The van der Waals surface area contributed by atoms with Gasteiger partial charge < -0.3 is 25.2 Å². The smallest absolute Gasteiger partial charge is 0.314 e. The Labute approximate surface area is 126 Å². The Morgan fingerprint density at radius 1 is 1.14 bits per heavy atom. The number of nitrogens with one attached hydrogen (secondary N) is 2. The van der Waals surface area contributed by atoms with Gasteiger partial charge in [0, 0.05) is 33.7 Å². The first-order valence-corrected chi connectivity index (χ1v) is 7.14. The predicted octanol–water partition coefficient (Wildman–Crippen LogP) is 1.08. The first kappa shape index (κ1) is 19.7. The molecular formula is C14H28N2O5. The number of aliphatic carboxylic acids is 1. The second-order valence-corrected chi connectivity index (χ2v) is 5.50. The van der Waals surface area contributed by atoms with Crippen LogP contribution < -0.4 is 10.6 Å². The molecule has 21 heavy (non-hydrogen) atoms. The molecule has 0 bridgehead atoms. The Hall–Kier alpha value is -1.34. The van der Waals surface area contributed by atoms with Crippen LogP contribution in [0.4, 0.5) is 4.79 Å². The fraction of sp³-hybridized carbons (Fsp3) is 0.857. The van der Waals surface area contributed by atoms with Gasteiger partial charge in [-0.25, -0.2) is 4.79 Å². The van der Waals surface area contributed by atoms with Gasteiger partial charge in [-0.3, -0.25) is 4.79 Å². The molecule has 124 valence electrons. The second kappa shape index (κ2) is 11.3. The van der Waals surface area contributed by atoms with Crippen LogP contribution in [0.3, 0.4) is 0 Å². The second-order valence-electron chi connectivity index (χ2n) is 5.50. The van der Waals surface area contributed by atoms with Gasteiger partial charge in [-0.1, -0.05) is 13.8 Å². The molecule has 7 heteroatoms. The summed E-state index contributed by atoms with van der Waals surface area (Å²) in [5.41, 5.74) is 0. The highest BCUT2D eigenvalue weighted by Crippen LogP contribution is 2.14. The zero-order chi connectivity index (χ0) is 16.3.